The smallest absolute Gasteiger partial charge is 0.0684 e. The molecule has 2 aromatic rings. The predicted molar refractivity (Wildman–Crippen MR) is 79.2 cm³/mol. The molecule has 0 fully saturated rings. The summed E-state index contributed by atoms with van der Waals surface area (Å²) in [7, 11) is 0. The van der Waals surface area contributed by atoms with Gasteiger partial charge in [-0.25, -0.2) is 0 Å². The maximum Gasteiger partial charge on any atom is 0.0684 e. The fraction of sp³-hybridized carbons (Fsp3) is 0.250. The Labute approximate surface area is 122 Å². The molecule has 2 rings (SSSR count). The van der Waals surface area contributed by atoms with Gasteiger partial charge in [-0.2, -0.15) is 0 Å². The van der Waals surface area contributed by atoms with Gasteiger partial charge in [-0.15, -0.1) is 11.3 Å². The number of aromatic nitrogens is 1. The largest absolute Gasteiger partial charge is 0.304 e. The molecule has 0 aliphatic rings. The second-order valence-corrected chi connectivity index (χ2v) is 6.45. The van der Waals surface area contributed by atoms with Crippen molar-refractivity contribution in [1.29, 1.82) is 0 Å². The van der Waals surface area contributed by atoms with Crippen LogP contribution in [0.2, 0.25) is 0 Å². The van der Waals surface area contributed by atoms with Crippen molar-refractivity contribution in [2.45, 2.75) is 19.5 Å². The van der Waals surface area contributed by atoms with Crippen LogP contribution in [0.1, 0.15) is 23.5 Å². The SMILES string of the molecule is C[C@@H](NCc1ncc(Br)cc1Br)c1cccs1. The van der Waals surface area contributed by atoms with E-state index in [1.54, 1.807) is 11.3 Å². The lowest BCUT2D eigenvalue weighted by Crippen LogP contribution is -2.18. The lowest BCUT2D eigenvalue weighted by Gasteiger charge is -2.12. The van der Waals surface area contributed by atoms with Crippen LogP contribution in [-0.2, 0) is 6.54 Å². The summed E-state index contributed by atoms with van der Waals surface area (Å²) in [6, 6.07) is 6.59. The average Bonchev–Trinajstić information content (AvgIpc) is 2.81. The van der Waals surface area contributed by atoms with E-state index in [9.17, 15) is 0 Å². The molecule has 0 saturated carbocycles. The summed E-state index contributed by atoms with van der Waals surface area (Å²) in [5.74, 6) is 0. The van der Waals surface area contributed by atoms with Crippen molar-refractivity contribution in [2.24, 2.45) is 0 Å². The van der Waals surface area contributed by atoms with Crippen molar-refractivity contribution in [3.05, 3.63) is 49.3 Å². The molecule has 0 unspecified atom stereocenters. The molecule has 2 aromatic heterocycles. The fourth-order valence-electron chi connectivity index (χ4n) is 1.46. The normalized spacial score (nSPS) is 12.6. The molecular formula is C12H12Br2N2S. The van der Waals surface area contributed by atoms with Crippen LogP contribution in [0.25, 0.3) is 0 Å². The van der Waals surface area contributed by atoms with Crippen LogP contribution in [0.4, 0.5) is 0 Å². The maximum atomic E-state index is 4.38. The molecule has 2 nitrogen and oxygen atoms in total. The first-order valence-corrected chi connectivity index (χ1v) is 7.70. The summed E-state index contributed by atoms with van der Waals surface area (Å²) in [5.41, 5.74) is 1.02. The van der Waals surface area contributed by atoms with Gasteiger partial charge in [0, 0.05) is 32.6 Å². The third kappa shape index (κ3) is 3.61. The van der Waals surface area contributed by atoms with Crippen molar-refractivity contribution in [2.75, 3.05) is 0 Å². The average molecular weight is 376 g/mol. The van der Waals surface area contributed by atoms with Gasteiger partial charge in [-0.05, 0) is 56.3 Å². The number of hydrogen-bond donors (Lipinski definition) is 1. The second kappa shape index (κ2) is 6.09. The van der Waals surface area contributed by atoms with E-state index in [0.29, 0.717) is 6.04 Å². The zero-order valence-corrected chi connectivity index (χ0v) is 13.3. The molecule has 2 heterocycles. The third-order valence-corrected chi connectivity index (χ3v) is 4.60. The number of thiophene rings is 1. The van der Waals surface area contributed by atoms with Gasteiger partial charge in [0.25, 0.3) is 0 Å². The highest BCUT2D eigenvalue weighted by Crippen LogP contribution is 2.22. The maximum absolute atomic E-state index is 4.38. The van der Waals surface area contributed by atoms with E-state index in [4.69, 9.17) is 0 Å². The minimum atomic E-state index is 0.354. The standard InChI is InChI=1S/C12H12Br2N2S/c1-8(12-3-2-4-17-12)15-7-11-10(14)5-9(13)6-16-11/h2-6,8,15H,7H2,1H3/t8-/m1/s1. The zero-order valence-electron chi connectivity index (χ0n) is 9.28. The van der Waals surface area contributed by atoms with Crippen LogP contribution in [-0.4, -0.2) is 4.98 Å². The second-order valence-electron chi connectivity index (χ2n) is 3.70. The number of nitrogens with zero attached hydrogens (tertiary/aromatic N) is 1. The number of nitrogens with one attached hydrogen (secondary N) is 1. The number of pyridine rings is 1. The molecule has 90 valence electrons. The predicted octanol–water partition coefficient (Wildman–Crippen LogP) is 4.52. The van der Waals surface area contributed by atoms with Crippen LogP contribution < -0.4 is 5.32 Å². The fourth-order valence-corrected chi connectivity index (χ4v) is 3.35. The lowest BCUT2D eigenvalue weighted by molar-refractivity contribution is 0.574. The van der Waals surface area contributed by atoms with E-state index in [0.717, 1.165) is 21.2 Å². The van der Waals surface area contributed by atoms with Crippen molar-refractivity contribution in [3.8, 4) is 0 Å². The summed E-state index contributed by atoms with van der Waals surface area (Å²) >= 11 is 8.68. The summed E-state index contributed by atoms with van der Waals surface area (Å²) in [5, 5.41) is 5.56. The number of hydrogen-bond acceptors (Lipinski definition) is 3. The van der Waals surface area contributed by atoms with Gasteiger partial charge in [0.2, 0.25) is 0 Å². The van der Waals surface area contributed by atoms with E-state index >= 15 is 0 Å². The monoisotopic (exact) mass is 374 g/mol. The van der Waals surface area contributed by atoms with Crippen molar-refractivity contribution in [3.63, 3.8) is 0 Å². The molecule has 0 aromatic carbocycles. The van der Waals surface area contributed by atoms with Gasteiger partial charge < -0.3 is 5.32 Å². The molecule has 0 radical (unpaired) electrons. The van der Waals surface area contributed by atoms with Crippen LogP contribution in [0, 0.1) is 0 Å². The highest BCUT2D eigenvalue weighted by atomic mass is 79.9. The summed E-state index contributed by atoms with van der Waals surface area (Å²) in [6.07, 6.45) is 1.82. The number of halogens is 2. The van der Waals surface area contributed by atoms with Crippen LogP contribution in [0.3, 0.4) is 0 Å². The minimum absolute atomic E-state index is 0.354. The molecule has 5 heteroatoms. The summed E-state index contributed by atoms with van der Waals surface area (Å²) in [6.45, 7) is 2.92. The van der Waals surface area contributed by atoms with Crippen molar-refractivity contribution < 1.29 is 0 Å². The van der Waals surface area contributed by atoms with E-state index in [1.807, 2.05) is 12.3 Å². The Kier molecular flexibility index (Phi) is 4.73. The molecule has 0 aliphatic heterocycles. The minimum Gasteiger partial charge on any atom is -0.304 e. The van der Waals surface area contributed by atoms with Gasteiger partial charge in [0.05, 0.1) is 5.69 Å². The van der Waals surface area contributed by atoms with Crippen LogP contribution >= 0.6 is 43.2 Å². The lowest BCUT2D eigenvalue weighted by atomic mass is 10.2. The van der Waals surface area contributed by atoms with Gasteiger partial charge in [-0.1, -0.05) is 6.07 Å². The molecule has 0 amide bonds. The molecule has 0 aliphatic carbocycles. The Bertz CT molecular complexity index is 485. The zero-order chi connectivity index (χ0) is 12.3. The van der Waals surface area contributed by atoms with E-state index < -0.39 is 0 Å². The van der Waals surface area contributed by atoms with Crippen molar-refractivity contribution >= 4 is 43.2 Å². The van der Waals surface area contributed by atoms with E-state index in [2.05, 4.69) is 66.6 Å². The summed E-state index contributed by atoms with van der Waals surface area (Å²) < 4.78 is 2.01. The first kappa shape index (κ1) is 13.2. The van der Waals surface area contributed by atoms with Crippen molar-refractivity contribution in [1.82, 2.24) is 10.3 Å². The Morgan fingerprint density at radius 2 is 2.29 bits per heavy atom. The number of rotatable bonds is 4. The topological polar surface area (TPSA) is 24.9 Å². The van der Waals surface area contributed by atoms with Gasteiger partial charge in [-0.3, -0.25) is 4.98 Å². The molecular weight excluding hydrogens is 364 g/mol. The molecule has 17 heavy (non-hydrogen) atoms. The van der Waals surface area contributed by atoms with E-state index in [-0.39, 0.29) is 0 Å². The Balaban J connectivity index is 1.98. The van der Waals surface area contributed by atoms with Crippen LogP contribution in [0.5, 0.6) is 0 Å². The molecule has 0 saturated heterocycles. The molecule has 0 bridgehead atoms. The first-order valence-electron chi connectivity index (χ1n) is 5.23. The van der Waals surface area contributed by atoms with Gasteiger partial charge >= 0.3 is 0 Å². The molecule has 0 spiro atoms. The first-order chi connectivity index (χ1) is 8.16. The highest BCUT2D eigenvalue weighted by Gasteiger charge is 2.07. The van der Waals surface area contributed by atoms with Crippen LogP contribution in [0.15, 0.2) is 38.7 Å². The Morgan fingerprint density at radius 3 is 2.94 bits per heavy atom. The summed E-state index contributed by atoms with van der Waals surface area (Å²) in [4.78, 5) is 5.72. The third-order valence-electron chi connectivity index (χ3n) is 2.43. The van der Waals surface area contributed by atoms with Gasteiger partial charge in [0.15, 0.2) is 0 Å². The van der Waals surface area contributed by atoms with E-state index in [1.165, 1.54) is 4.88 Å². The van der Waals surface area contributed by atoms with Gasteiger partial charge in [0.1, 0.15) is 0 Å². The Hall–Kier alpha value is -0.230. The quantitative estimate of drug-likeness (QED) is 0.849. The molecule has 1 N–H and O–H groups in total. The highest BCUT2D eigenvalue weighted by molar-refractivity contribution is 9.11. The molecule has 1 atom stereocenters. The Morgan fingerprint density at radius 1 is 1.47 bits per heavy atom.